The number of esters is 1. The highest BCUT2D eigenvalue weighted by Gasteiger charge is 2.21. The van der Waals surface area contributed by atoms with Crippen molar-refractivity contribution in [1.29, 1.82) is 0 Å². The number of carbonyl (C=O) groups excluding carboxylic acids is 1. The van der Waals surface area contributed by atoms with Gasteiger partial charge in [-0.3, -0.25) is 4.79 Å². The minimum Gasteiger partial charge on any atom is -0.465 e. The molecule has 0 heterocycles. The van der Waals surface area contributed by atoms with Crippen molar-refractivity contribution < 1.29 is 9.53 Å². The molecule has 0 N–H and O–H groups in total. The summed E-state index contributed by atoms with van der Waals surface area (Å²) >= 11 is 15.1. The van der Waals surface area contributed by atoms with Crippen LogP contribution in [0.15, 0.2) is 22.7 Å². The first-order chi connectivity index (χ1) is 7.06. The van der Waals surface area contributed by atoms with Gasteiger partial charge in [0.1, 0.15) is 0 Å². The molecule has 0 aliphatic carbocycles. The molecule has 0 radical (unpaired) electrons. The van der Waals surface area contributed by atoms with Crippen molar-refractivity contribution >= 4 is 45.1 Å². The molecular weight excluding hydrogens is 303 g/mol. The van der Waals surface area contributed by atoms with E-state index in [4.69, 9.17) is 27.9 Å². The first-order valence-electron chi connectivity index (χ1n) is 4.32. The number of ether oxygens (including phenoxy) is 1. The van der Waals surface area contributed by atoms with Crippen molar-refractivity contribution in [3.63, 3.8) is 0 Å². The van der Waals surface area contributed by atoms with Crippen LogP contribution in [-0.4, -0.2) is 12.6 Å². The largest absolute Gasteiger partial charge is 0.465 e. The zero-order valence-electron chi connectivity index (χ0n) is 7.97. The Kier molecular flexibility index (Phi) is 4.90. The summed E-state index contributed by atoms with van der Waals surface area (Å²) in [4.78, 5) is 11.4. The molecule has 1 unspecified atom stereocenters. The van der Waals surface area contributed by atoms with Crippen LogP contribution in [0.1, 0.15) is 17.9 Å². The molecule has 1 atom stereocenters. The Hall–Kier alpha value is -0.250. The lowest BCUT2D eigenvalue weighted by molar-refractivity contribution is -0.142. The van der Waals surface area contributed by atoms with Gasteiger partial charge in [-0.25, -0.2) is 0 Å². The summed E-state index contributed by atoms with van der Waals surface area (Å²) in [5, 5.41) is -0.304. The zero-order valence-corrected chi connectivity index (χ0v) is 11.1. The van der Waals surface area contributed by atoms with E-state index in [2.05, 4.69) is 15.9 Å². The van der Waals surface area contributed by atoms with Crippen LogP contribution in [0, 0.1) is 0 Å². The molecule has 0 saturated carbocycles. The highest BCUT2D eigenvalue weighted by atomic mass is 79.9. The first-order valence-corrected chi connectivity index (χ1v) is 5.92. The van der Waals surface area contributed by atoms with Crippen molar-refractivity contribution in [3.05, 3.63) is 33.3 Å². The summed E-state index contributed by atoms with van der Waals surface area (Å²) in [5.74, 6) is -0.470. The minimum absolute atomic E-state index is 0.306. The third-order valence-electron chi connectivity index (χ3n) is 1.72. The smallest absolute Gasteiger partial charge is 0.328 e. The van der Waals surface area contributed by atoms with Crippen molar-refractivity contribution in [2.24, 2.45) is 0 Å². The molecule has 0 aliphatic rings. The molecule has 0 fully saturated rings. The van der Waals surface area contributed by atoms with Gasteiger partial charge in [-0.1, -0.05) is 27.5 Å². The van der Waals surface area contributed by atoms with Gasteiger partial charge >= 0.3 is 5.97 Å². The second-order valence-electron chi connectivity index (χ2n) is 2.78. The van der Waals surface area contributed by atoms with Crippen LogP contribution < -0.4 is 0 Å². The molecule has 0 bridgehead atoms. The Morgan fingerprint density at radius 1 is 1.60 bits per heavy atom. The number of rotatable bonds is 3. The van der Waals surface area contributed by atoms with E-state index in [0.717, 1.165) is 4.47 Å². The quantitative estimate of drug-likeness (QED) is 0.624. The number of hydrogen-bond acceptors (Lipinski definition) is 2. The summed E-state index contributed by atoms with van der Waals surface area (Å²) in [6.07, 6.45) is 0. The summed E-state index contributed by atoms with van der Waals surface area (Å²) in [7, 11) is 0. The third kappa shape index (κ3) is 3.37. The van der Waals surface area contributed by atoms with Crippen molar-refractivity contribution in [1.82, 2.24) is 0 Å². The van der Waals surface area contributed by atoms with Crippen molar-refractivity contribution in [3.8, 4) is 0 Å². The van der Waals surface area contributed by atoms with Gasteiger partial charge in [-0.2, -0.15) is 0 Å². The number of alkyl halides is 1. The Bertz CT molecular complexity index is 368. The molecule has 82 valence electrons. The van der Waals surface area contributed by atoms with Crippen molar-refractivity contribution in [2.75, 3.05) is 6.61 Å². The predicted octanol–water partition coefficient (Wildman–Crippen LogP) is 3.95. The van der Waals surface area contributed by atoms with E-state index in [9.17, 15) is 4.79 Å². The average molecular weight is 312 g/mol. The van der Waals surface area contributed by atoms with Gasteiger partial charge in [0.2, 0.25) is 0 Å². The molecule has 2 nitrogen and oxygen atoms in total. The summed E-state index contributed by atoms with van der Waals surface area (Å²) in [6.45, 7) is 2.04. The number of benzene rings is 1. The molecule has 1 aromatic carbocycles. The Labute approximate surface area is 107 Å². The molecular formula is C10H9BrCl2O2. The van der Waals surface area contributed by atoms with Gasteiger partial charge in [0.25, 0.3) is 0 Å². The van der Waals surface area contributed by atoms with Gasteiger partial charge in [0, 0.05) is 9.50 Å². The minimum atomic E-state index is -0.835. The third-order valence-corrected chi connectivity index (χ3v) is 3.10. The van der Waals surface area contributed by atoms with E-state index in [-0.39, 0.29) is 0 Å². The van der Waals surface area contributed by atoms with E-state index in [1.807, 2.05) is 0 Å². The van der Waals surface area contributed by atoms with Gasteiger partial charge in [-0.15, -0.1) is 11.6 Å². The molecule has 0 spiro atoms. The maximum atomic E-state index is 11.4. The van der Waals surface area contributed by atoms with E-state index >= 15 is 0 Å². The number of carbonyl (C=O) groups is 1. The summed E-state index contributed by atoms with van der Waals surface area (Å²) in [6, 6.07) is 5.09. The molecule has 0 saturated heterocycles. The van der Waals surface area contributed by atoms with E-state index in [1.54, 1.807) is 25.1 Å². The molecule has 5 heteroatoms. The monoisotopic (exact) mass is 310 g/mol. The van der Waals surface area contributed by atoms with Crippen LogP contribution in [0.4, 0.5) is 0 Å². The maximum Gasteiger partial charge on any atom is 0.328 e. The predicted molar refractivity (Wildman–Crippen MR) is 64.4 cm³/mol. The highest BCUT2D eigenvalue weighted by molar-refractivity contribution is 9.10. The second kappa shape index (κ2) is 5.73. The molecule has 15 heavy (non-hydrogen) atoms. The summed E-state index contributed by atoms with van der Waals surface area (Å²) in [5.41, 5.74) is 0.614. The van der Waals surface area contributed by atoms with Crippen LogP contribution in [0.3, 0.4) is 0 Å². The Balaban J connectivity index is 2.94. The summed E-state index contributed by atoms with van der Waals surface area (Å²) < 4.78 is 5.55. The SMILES string of the molecule is CCOC(=O)C(Cl)c1cc(Cl)ccc1Br. The fourth-order valence-electron chi connectivity index (χ4n) is 1.05. The average Bonchev–Trinajstić information content (AvgIpc) is 2.21. The van der Waals surface area contributed by atoms with E-state index in [0.29, 0.717) is 17.2 Å². The fraction of sp³-hybridized carbons (Fsp3) is 0.300. The van der Waals surface area contributed by atoms with Gasteiger partial charge < -0.3 is 4.74 Å². The lowest BCUT2D eigenvalue weighted by Crippen LogP contribution is -2.11. The second-order valence-corrected chi connectivity index (χ2v) is 4.51. The number of halogens is 3. The van der Waals surface area contributed by atoms with Gasteiger partial charge in [-0.05, 0) is 30.7 Å². The normalized spacial score (nSPS) is 12.3. The maximum absolute atomic E-state index is 11.4. The number of hydrogen-bond donors (Lipinski definition) is 0. The zero-order chi connectivity index (χ0) is 11.4. The lowest BCUT2D eigenvalue weighted by Gasteiger charge is -2.10. The standard InChI is InChI=1S/C10H9BrCl2O2/c1-2-15-10(14)9(13)7-5-6(12)3-4-8(7)11/h3-5,9H,2H2,1H3. The van der Waals surface area contributed by atoms with Crippen LogP contribution in [0.25, 0.3) is 0 Å². The van der Waals surface area contributed by atoms with E-state index < -0.39 is 11.3 Å². The Morgan fingerprint density at radius 3 is 2.87 bits per heavy atom. The first kappa shape index (κ1) is 12.8. The Morgan fingerprint density at radius 2 is 2.27 bits per heavy atom. The van der Waals surface area contributed by atoms with Gasteiger partial charge in [0.05, 0.1) is 6.61 Å². The van der Waals surface area contributed by atoms with E-state index in [1.165, 1.54) is 0 Å². The van der Waals surface area contributed by atoms with Crippen LogP contribution in [0.2, 0.25) is 5.02 Å². The van der Waals surface area contributed by atoms with Crippen LogP contribution in [0.5, 0.6) is 0 Å². The van der Waals surface area contributed by atoms with Crippen molar-refractivity contribution in [2.45, 2.75) is 12.3 Å². The molecule has 0 amide bonds. The van der Waals surface area contributed by atoms with Crippen LogP contribution in [-0.2, 0) is 9.53 Å². The molecule has 0 aromatic heterocycles. The fourth-order valence-corrected chi connectivity index (χ4v) is 2.08. The molecule has 1 rings (SSSR count). The van der Waals surface area contributed by atoms with Crippen LogP contribution >= 0.6 is 39.1 Å². The lowest BCUT2D eigenvalue weighted by atomic mass is 10.1. The highest BCUT2D eigenvalue weighted by Crippen LogP contribution is 2.31. The molecule has 1 aromatic rings. The van der Waals surface area contributed by atoms with Gasteiger partial charge in [0.15, 0.2) is 5.38 Å². The molecule has 0 aliphatic heterocycles. The topological polar surface area (TPSA) is 26.3 Å².